The molecule has 98 valence electrons. The Morgan fingerprint density at radius 2 is 1.59 bits per heavy atom. The average Bonchev–Trinajstić information content (AvgIpc) is 2.17. The summed E-state index contributed by atoms with van der Waals surface area (Å²) >= 11 is 0. The van der Waals surface area contributed by atoms with Crippen molar-refractivity contribution in [3.63, 3.8) is 0 Å². The summed E-state index contributed by atoms with van der Waals surface area (Å²) in [6.45, 7) is 9.36. The van der Waals surface area contributed by atoms with Crippen LogP contribution in [-0.4, -0.2) is 11.6 Å². The third-order valence-electron chi connectivity index (χ3n) is 1.86. The van der Waals surface area contributed by atoms with Gasteiger partial charge in [-0.25, -0.2) is 0 Å². The third kappa shape index (κ3) is 25.3. The van der Waals surface area contributed by atoms with Gasteiger partial charge in [0.15, 0.2) is 5.78 Å². The van der Waals surface area contributed by atoms with E-state index in [9.17, 15) is 9.59 Å². The first kappa shape index (κ1) is 18.2. The predicted octanol–water partition coefficient (Wildman–Crippen LogP) is 4.25. The van der Waals surface area contributed by atoms with Crippen molar-refractivity contribution >= 4 is 11.6 Å². The summed E-state index contributed by atoms with van der Waals surface area (Å²) in [5.74, 6) is 0.408. The van der Waals surface area contributed by atoms with E-state index in [-0.39, 0.29) is 11.6 Å². The minimum absolute atomic E-state index is 0.137. The molecule has 0 radical (unpaired) electrons. The number of rotatable bonds is 6. The monoisotopic (exact) mass is 238 g/mol. The first-order valence-electron chi connectivity index (χ1n) is 6.20. The van der Waals surface area contributed by atoms with Crippen LogP contribution in [0.1, 0.15) is 60.3 Å². The molecule has 0 N–H and O–H groups in total. The Kier molecular flexibility index (Phi) is 13.8. The normalized spacial score (nSPS) is 9.47. The van der Waals surface area contributed by atoms with E-state index in [0.717, 1.165) is 19.3 Å². The minimum Gasteiger partial charge on any atom is -0.300 e. The van der Waals surface area contributed by atoms with E-state index in [1.165, 1.54) is 5.57 Å². The molecular weight excluding hydrogens is 212 g/mol. The number of carbonyl (C=O) groups excluding carboxylic acids is 2. The van der Waals surface area contributed by atoms with Gasteiger partial charge in [0.1, 0.15) is 5.78 Å². The van der Waals surface area contributed by atoms with E-state index >= 15 is 0 Å². The molecule has 0 rings (SSSR count). The number of carbonyl (C=O) groups is 2. The Labute approximate surface area is 106 Å². The maximum atomic E-state index is 10.4. The summed E-state index contributed by atoms with van der Waals surface area (Å²) in [5.41, 5.74) is 1.29. The fraction of sp³-hybridized carbons (Fsp3) is 0.600. The fourth-order valence-electron chi connectivity index (χ4n) is 0.980. The Hall–Kier alpha value is -1.18. The second-order valence-electron chi connectivity index (χ2n) is 4.32. The fourth-order valence-corrected chi connectivity index (χ4v) is 0.980. The van der Waals surface area contributed by atoms with Crippen LogP contribution in [0.2, 0.25) is 0 Å². The van der Waals surface area contributed by atoms with Crippen LogP contribution in [0.25, 0.3) is 0 Å². The predicted molar refractivity (Wildman–Crippen MR) is 74.1 cm³/mol. The first-order chi connectivity index (χ1) is 7.90. The second-order valence-corrected chi connectivity index (χ2v) is 4.32. The van der Waals surface area contributed by atoms with Crippen LogP contribution in [0.5, 0.6) is 0 Å². The summed E-state index contributed by atoms with van der Waals surface area (Å²) in [6.07, 6.45) is 9.32. The molecule has 0 heterocycles. The molecule has 0 saturated carbocycles. The molecule has 0 fully saturated rings. The van der Waals surface area contributed by atoms with Crippen molar-refractivity contribution in [2.45, 2.75) is 60.3 Å². The van der Waals surface area contributed by atoms with Gasteiger partial charge < -0.3 is 4.79 Å². The van der Waals surface area contributed by atoms with Crippen LogP contribution in [-0.2, 0) is 9.59 Å². The van der Waals surface area contributed by atoms with E-state index in [1.54, 1.807) is 19.9 Å². The summed E-state index contributed by atoms with van der Waals surface area (Å²) in [4.78, 5) is 20.6. The number of hydrogen-bond acceptors (Lipinski definition) is 2. The van der Waals surface area contributed by atoms with E-state index in [4.69, 9.17) is 0 Å². The zero-order valence-corrected chi connectivity index (χ0v) is 11.9. The Bertz CT molecular complexity index is 269. The summed E-state index contributed by atoms with van der Waals surface area (Å²) in [5, 5.41) is 0. The molecule has 0 aromatic rings. The van der Waals surface area contributed by atoms with Gasteiger partial charge in [-0.2, -0.15) is 0 Å². The lowest BCUT2D eigenvalue weighted by Crippen LogP contribution is -1.86. The van der Waals surface area contributed by atoms with Crippen LogP contribution in [0.15, 0.2) is 23.8 Å². The zero-order valence-electron chi connectivity index (χ0n) is 11.9. The van der Waals surface area contributed by atoms with Gasteiger partial charge in [0.05, 0.1) is 0 Å². The largest absolute Gasteiger partial charge is 0.300 e. The lowest BCUT2D eigenvalue weighted by atomic mass is 10.2. The highest BCUT2D eigenvalue weighted by Gasteiger charge is 1.88. The highest BCUT2D eigenvalue weighted by molar-refractivity contribution is 5.87. The molecular formula is C15H26O2. The molecule has 0 aliphatic heterocycles. The van der Waals surface area contributed by atoms with Crippen molar-refractivity contribution in [3.05, 3.63) is 23.8 Å². The summed E-state index contributed by atoms with van der Waals surface area (Å²) < 4.78 is 0. The van der Waals surface area contributed by atoms with Gasteiger partial charge in [0.25, 0.3) is 0 Å². The Morgan fingerprint density at radius 3 is 1.94 bits per heavy atom. The molecule has 0 aromatic carbocycles. The van der Waals surface area contributed by atoms with E-state index in [0.29, 0.717) is 6.42 Å². The third-order valence-corrected chi connectivity index (χ3v) is 1.86. The molecule has 0 atom stereocenters. The molecule has 17 heavy (non-hydrogen) atoms. The van der Waals surface area contributed by atoms with Gasteiger partial charge in [-0.1, -0.05) is 31.1 Å². The molecule has 2 nitrogen and oxygen atoms in total. The number of allylic oxidation sites excluding steroid dienone is 4. The lowest BCUT2D eigenvalue weighted by molar-refractivity contribution is -0.117. The number of Topliss-reactive ketones (excluding diaryl/α,β-unsaturated/α-hetero) is 1. The molecule has 0 amide bonds. The van der Waals surface area contributed by atoms with Crippen molar-refractivity contribution < 1.29 is 9.59 Å². The smallest absolute Gasteiger partial charge is 0.152 e. The Balaban J connectivity index is 0. The summed E-state index contributed by atoms with van der Waals surface area (Å²) in [6, 6.07) is 0. The van der Waals surface area contributed by atoms with Gasteiger partial charge in [0, 0.05) is 6.42 Å². The quantitative estimate of drug-likeness (QED) is 0.512. The number of unbranched alkanes of at least 4 members (excludes halogenated alkanes) is 1. The molecule has 2 heteroatoms. The van der Waals surface area contributed by atoms with Crippen LogP contribution in [0, 0.1) is 0 Å². The van der Waals surface area contributed by atoms with Gasteiger partial charge in [-0.05, 0) is 46.6 Å². The van der Waals surface area contributed by atoms with Crippen LogP contribution in [0.4, 0.5) is 0 Å². The van der Waals surface area contributed by atoms with Gasteiger partial charge in [-0.3, -0.25) is 4.79 Å². The molecule has 0 spiro atoms. The lowest BCUT2D eigenvalue weighted by Gasteiger charge is -1.89. The molecule has 0 unspecified atom stereocenters. The summed E-state index contributed by atoms with van der Waals surface area (Å²) in [7, 11) is 0. The minimum atomic E-state index is 0.137. The first-order valence-corrected chi connectivity index (χ1v) is 6.20. The SMILES string of the molecule is CC(=O)CCC=C(C)C.CCCC=CC(C)=O. The molecule has 0 aromatic heterocycles. The maximum Gasteiger partial charge on any atom is 0.152 e. The Morgan fingerprint density at radius 1 is 1.00 bits per heavy atom. The van der Waals surface area contributed by atoms with Crippen molar-refractivity contribution in [2.24, 2.45) is 0 Å². The number of hydrogen-bond donors (Lipinski definition) is 0. The van der Waals surface area contributed by atoms with Crippen molar-refractivity contribution in [1.82, 2.24) is 0 Å². The highest BCUT2D eigenvalue weighted by atomic mass is 16.1. The van der Waals surface area contributed by atoms with E-state index < -0.39 is 0 Å². The zero-order chi connectivity index (χ0) is 13.7. The standard InChI is InChI=1S/C8H14O.C7H12O/c1-7(2)5-4-6-8(3)9;1-3-4-5-6-7(2)8/h5H,4,6H2,1-3H3;5-6H,3-4H2,1-2H3. The van der Waals surface area contributed by atoms with Crippen LogP contribution < -0.4 is 0 Å². The maximum absolute atomic E-state index is 10.4. The van der Waals surface area contributed by atoms with Crippen LogP contribution in [0.3, 0.4) is 0 Å². The van der Waals surface area contributed by atoms with Crippen molar-refractivity contribution in [1.29, 1.82) is 0 Å². The molecule has 0 aliphatic rings. The van der Waals surface area contributed by atoms with E-state index in [2.05, 4.69) is 13.0 Å². The van der Waals surface area contributed by atoms with Crippen LogP contribution >= 0.6 is 0 Å². The van der Waals surface area contributed by atoms with Gasteiger partial charge in [-0.15, -0.1) is 0 Å². The molecule has 0 aliphatic carbocycles. The molecule has 0 saturated heterocycles. The topological polar surface area (TPSA) is 34.1 Å². The van der Waals surface area contributed by atoms with Crippen molar-refractivity contribution in [3.8, 4) is 0 Å². The molecule has 0 bridgehead atoms. The second kappa shape index (κ2) is 12.9. The average molecular weight is 238 g/mol. The van der Waals surface area contributed by atoms with Gasteiger partial charge in [0.2, 0.25) is 0 Å². The van der Waals surface area contributed by atoms with Crippen molar-refractivity contribution in [2.75, 3.05) is 0 Å². The van der Waals surface area contributed by atoms with Gasteiger partial charge >= 0.3 is 0 Å². The van der Waals surface area contributed by atoms with E-state index in [1.807, 2.05) is 19.9 Å². The number of ketones is 2. The highest BCUT2D eigenvalue weighted by Crippen LogP contribution is 1.96.